The van der Waals surface area contributed by atoms with Crippen molar-refractivity contribution in [3.63, 3.8) is 0 Å². The molecule has 7 atom stereocenters. The number of anilines is 1. The van der Waals surface area contributed by atoms with Gasteiger partial charge in [0.25, 0.3) is 5.91 Å². The van der Waals surface area contributed by atoms with E-state index in [0.29, 0.717) is 29.3 Å². The van der Waals surface area contributed by atoms with E-state index >= 15 is 4.79 Å². The van der Waals surface area contributed by atoms with Gasteiger partial charge in [-0.3, -0.25) is 19.2 Å². The summed E-state index contributed by atoms with van der Waals surface area (Å²) >= 11 is 3.62. The van der Waals surface area contributed by atoms with E-state index in [1.54, 1.807) is 22.8 Å². The number of esters is 1. The number of likely N-dealkylation sites (tertiary alicyclic amines) is 1. The van der Waals surface area contributed by atoms with Crippen LogP contribution in [0.5, 0.6) is 0 Å². The molecule has 2 aromatic rings. The number of amides is 3. The van der Waals surface area contributed by atoms with Gasteiger partial charge in [0.2, 0.25) is 11.8 Å². The zero-order chi connectivity index (χ0) is 34.2. The molecule has 4 aliphatic heterocycles. The number of ether oxygens (including phenoxy) is 2. The van der Waals surface area contributed by atoms with E-state index in [1.807, 2.05) is 74.5 Å². The molecule has 48 heavy (non-hydrogen) atoms. The van der Waals surface area contributed by atoms with Gasteiger partial charge < -0.3 is 29.7 Å². The van der Waals surface area contributed by atoms with Crippen molar-refractivity contribution in [1.29, 1.82) is 0 Å². The van der Waals surface area contributed by atoms with Crippen molar-refractivity contribution < 1.29 is 33.8 Å². The number of allylic oxidation sites excluding steroid dienone is 1. The van der Waals surface area contributed by atoms with Gasteiger partial charge in [0.1, 0.15) is 29.8 Å². The maximum Gasteiger partial charge on any atom is 0.313 e. The molecule has 4 heterocycles. The third kappa shape index (κ3) is 6.01. The summed E-state index contributed by atoms with van der Waals surface area (Å²) in [5.41, 5.74) is 1.79. The lowest BCUT2D eigenvalue weighted by Crippen LogP contribution is -2.56. The van der Waals surface area contributed by atoms with Crippen molar-refractivity contribution in [3.8, 4) is 0 Å². The number of rotatable bonds is 6. The second kappa shape index (κ2) is 14.0. The predicted octanol–water partition coefficient (Wildman–Crippen LogP) is 4.42. The number of aliphatic hydroxyl groups excluding tert-OH is 1. The Bertz CT molecular complexity index is 1620. The molecule has 2 fully saturated rings. The fourth-order valence-electron chi connectivity index (χ4n) is 7.79. The molecule has 0 aromatic heterocycles. The van der Waals surface area contributed by atoms with Crippen molar-refractivity contribution >= 4 is 45.3 Å². The normalized spacial score (nSPS) is 31.4. The number of para-hydroxylation sites is 1. The maximum absolute atomic E-state index is 15.1. The standard InChI is InChI=1S/C37H42BrN3O7/c1-22-13-12-14-23(2)30(22)40-18-9-5-8-17-27(43)39-24(3)31(25-15-6-4-7-16-25)47-36(46)28-29-34(44)41(19-10-11-20-42)33(35(40)45)37(29)21-26(38)32(28)48-37/h4-7,9,12-16,21,24,28-29,31-33,42H,8,10-11,17-20H2,1-3H3,(H,39,43)/b9-5-/t24-,28+,29-,31+,32+,33+,37-/m0/s1. The quantitative estimate of drug-likeness (QED) is 0.257. The molecule has 11 heteroatoms. The number of benzene rings is 2. The van der Waals surface area contributed by atoms with Gasteiger partial charge in [-0.1, -0.05) is 76.6 Å². The Morgan fingerprint density at radius 2 is 1.69 bits per heavy atom. The number of fused-ring (bicyclic) bond motifs is 2. The smallest absolute Gasteiger partial charge is 0.313 e. The molecule has 2 aromatic carbocycles. The molecule has 0 radical (unpaired) electrons. The number of nitrogens with one attached hydrogen (secondary N) is 1. The zero-order valence-electron chi connectivity index (χ0n) is 27.4. The molecular formula is C37H42BrN3O7. The summed E-state index contributed by atoms with van der Waals surface area (Å²) in [5.74, 6) is -3.57. The lowest BCUT2D eigenvalue weighted by molar-refractivity contribution is -0.161. The molecule has 5 bridgehead atoms. The summed E-state index contributed by atoms with van der Waals surface area (Å²) < 4.78 is 13.5. The molecule has 0 aliphatic carbocycles. The SMILES string of the molecule is Cc1cccc(C)c1N1C/C=C\CCC(=O)N[C@@H](C)[C@H](c2ccccc2)OC(=O)[C@H]2[C@@H]3O[C@@]4(C=C3Br)[C@@H]2C(=O)N(CCCCO)[C@@H]4C1=O. The minimum absolute atomic E-state index is 0.0525. The van der Waals surface area contributed by atoms with E-state index in [1.165, 1.54) is 0 Å². The topological polar surface area (TPSA) is 125 Å². The van der Waals surface area contributed by atoms with Gasteiger partial charge in [0.05, 0.1) is 12.0 Å². The zero-order valence-corrected chi connectivity index (χ0v) is 29.0. The second-order valence-corrected chi connectivity index (χ2v) is 14.0. The largest absolute Gasteiger partial charge is 0.455 e. The van der Waals surface area contributed by atoms with E-state index in [9.17, 15) is 19.5 Å². The van der Waals surface area contributed by atoms with Crippen LogP contribution in [-0.2, 0) is 28.7 Å². The maximum atomic E-state index is 15.1. The first-order valence-corrected chi connectivity index (χ1v) is 17.4. The Hall–Kier alpha value is -3.80. The number of halogens is 1. The van der Waals surface area contributed by atoms with Crippen LogP contribution in [0, 0.1) is 25.7 Å². The molecule has 4 aliphatic rings. The monoisotopic (exact) mass is 719 g/mol. The molecular weight excluding hydrogens is 678 g/mol. The molecule has 2 N–H and O–H groups in total. The number of carbonyl (C=O) groups excluding carboxylic acids is 4. The van der Waals surface area contributed by atoms with Gasteiger partial charge in [-0.25, -0.2) is 0 Å². The number of nitrogens with zero attached hydrogens (tertiary/aromatic N) is 2. The summed E-state index contributed by atoms with van der Waals surface area (Å²) in [6.45, 7) is 6.04. The number of hydrogen-bond donors (Lipinski definition) is 2. The Morgan fingerprint density at radius 3 is 2.40 bits per heavy atom. The molecule has 1 spiro atoms. The van der Waals surface area contributed by atoms with Crippen LogP contribution >= 0.6 is 15.9 Å². The van der Waals surface area contributed by atoms with E-state index < -0.39 is 47.7 Å². The summed E-state index contributed by atoms with van der Waals surface area (Å²) in [5, 5.41) is 12.6. The Balaban J connectivity index is 1.48. The van der Waals surface area contributed by atoms with Crippen molar-refractivity contribution in [3.05, 3.63) is 87.9 Å². The van der Waals surface area contributed by atoms with E-state index in [2.05, 4.69) is 21.2 Å². The summed E-state index contributed by atoms with van der Waals surface area (Å²) in [7, 11) is 0. The Morgan fingerprint density at radius 1 is 0.958 bits per heavy atom. The molecule has 10 nitrogen and oxygen atoms in total. The van der Waals surface area contributed by atoms with Gasteiger partial charge in [-0.2, -0.15) is 0 Å². The highest BCUT2D eigenvalue weighted by molar-refractivity contribution is 9.11. The first-order chi connectivity index (χ1) is 23.1. The first kappa shape index (κ1) is 34.1. The number of cyclic esters (lactones) is 1. The summed E-state index contributed by atoms with van der Waals surface area (Å²) in [6, 6.07) is 13.4. The highest BCUT2D eigenvalue weighted by atomic mass is 79.9. The van der Waals surface area contributed by atoms with Crippen LogP contribution in [0.1, 0.15) is 55.4 Å². The van der Waals surface area contributed by atoms with Crippen molar-refractivity contribution in [2.75, 3.05) is 24.6 Å². The highest BCUT2D eigenvalue weighted by Gasteiger charge is 2.75. The van der Waals surface area contributed by atoms with Crippen LogP contribution in [-0.4, -0.2) is 77.2 Å². The molecule has 3 amide bonds. The Labute approximate surface area is 289 Å². The van der Waals surface area contributed by atoms with Crippen LogP contribution in [0.25, 0.3) is 0 Å². The molecule has 254 valence electrons. The van der Waals surface area contributed by atoms with Crippen molar-refractivity contribution in [2.45, 2.75) is 76.3 Å². The molecule has 6 rings (SSSR count). The second-order valence-electron chi connectivity index (χ2n) is 13.1. The summed E-state index contributed by atoms with van der Waals surface area (Å²) in [6.07, 6.45) is 5.46. The third-order valence-corrected chi connectivity index (χ3v) is 10.6. The lowest BCUT2D eigenvalue weighted by Gasteiger charge is -2.36. The van der Waals surface area contributed by atoms with Crippen LogP contribution in [0.2, 0.25) is 0 Å². The van der Waals surface area contributed by atoms with Gasteiger partial charge in [-0.15, -0.1) is 0 Å². The van der Waals surface area contributed by atoms with E-state index in [4.69, 9.17) is 9.47 Å². The molecule has 0 saturated carbocycles. The van der Waals surface area contributed by atoms with Gasteiger partial charge in [0.15, 0.2) is 0 Å². The van der Waals surface area contributed by atoms with Crippen LogP contribution < -0.4 is 10.2 Å². The number of unbranched alkanes of at least 4 members (excludes halogenated alkanes) is 1. The van der Waals surface area contributed by atoms with Crippen LogP contribution in [0.15, 0.2) is 71.2 Å². The minimum atomic E-state index is -1.42. The van der Waals surface area contributed by atoms with Gasteiger partial charge in [-0.05, 0) is 62.8 Å². The van der Waals surface area contributed by atoms with E-state index in [0.717, 1.165) is 16.8 Å². The summed E-state index contributed by atoms with van der Waals surface area (Å²) in [4.78, 5) is 60.2. The first-order valence-electron chi connectivity index (χ1n) is 16.6. The van der Waals surface area contributed by atoms with Crippen LogP contribution in [0.3, 0.4) is 0 Å². The molecule has 0 unspecified atom stereocenters. The Kier molecular flexibility index (Phi) is 9.92. The number of carbonyl (C=O) groups is 4. The fraction of sp³-hybridized carbons (Fsp3) is 0.459. The van der Waals surface area contributed by atoms with Crippen molar-refractivity contribution in [2.24, 2.45) is 11.8 Å². The number of aliphatic hydroxyl groups is 1. The lowest BCUT2D eigenvalue weighted by atomic mass is 9.74. The average Bonchev–Trinajstić information content (AvgIpc) is 3.65. The third-order valence-electron chi connectivity index (χ3n) is 9.92. The van der Waals surface area contributed by atoms with Crippen molar-refractivity contribution in [1.82, 2.24) is 10.2 Å². The number of aryl methyl sites for hydroxylation is 2. The molecule has 2 saturated heterocycles. The fourth-order valence-corrected chi connectivity index (χ4v) is 8.53. The minimum Gasteiger partial charge on any atom is -0.455 e. The van der Waals surface area contributed by atoms with Gasteiger partial charge >= 0.3 is 5.97 Å². The average molecular weight is 721 g/mol. The van der Waals surface area contributed by atoms with Crippen LogP contribution in [0.4, 0.5) is 5.69 Å². The highest BCUT2D eigenvalue weighted by Crippen LogP contribution is 2.59. The van der Waals surface area contributed by atoms with E-state index in [-0.39, 0.29) is 43.8 Å². The van der Waals surface area contributed by atoms with Gasteiger partial charge in [0, 0.05) is 36.3 Å². The predicted molar refractivity (Wildman–Crippen MR) is 183 cm³/mol. The number of hydrogen-bond acceptors (Lipinski definition) is 7.